The fourth-order valence-corrected chi connectivity index (χ4v) is 12.5. The second-order valence-corrected chi connectivity index (χ2v) is 27.4. The highest BCUT2D eigenvalue weighted by Crippen LogP contribution is 2.19. The molecule has 0 saturated heterocycles. The van der Waals surface area contributed by atoms with Gasteiger partial charge in [-0.15, -0.1) is 0 Å². The zero-order valence-corrected chi connectivity index (χ0v) is 59.5. The van der Waals surface area contributed by atoms with Crippen LogP contribution in [0.3, 0.4) is 0 Å². The van der Waals surface area contributed by atoms with Gasteiger partial charge < -0.3 is 20.3 Å². The summed E-state index contributed by atoms with van der Waals surface area (Å²) in [4.78, 5) is 24.6. The van der Waals surface area contributed by atoms with E-state index in [0.29, 0.717) is 19.4 Å². The number of amides is 1. The molecule has 0 saturated carbocycles. The topological polar surface area (TPSA) is 95.9 Å². The van der Waals surface area contributed by atoms with Gasteiger partial charge in [0, 0.05) is 12.8 Å². The average Bonchev–Trinajstić information content (AvgIpc) is 3.55. The van der Waals surface area contributed by atoms with Gasteiger partial charge in [0.25, 0.3) is 0 Å². The number of unbranched alkanes of at least 4 members (excludes halogenated alkanes) is 58. The molecule has 0 aliphatic heterocycles. The number of aliphatic hydroxyl groups excluding tert-OH is 2. The van der Waals surface area contributed by atoms with Gasteiger partial charge in [-0.3, -0.25) is 9.59 Å². The van der Waals surface area contributed by atoms with Crippen molar-refractivity contribution in [3.8, 4) is 0 Å². The minimum atomic E-state index is -0.844. The summed E-state index contributed by atoms with van der Waals surface area (Å²) in [5.41, 5.74) is 0. The average molecular weight is 1240 g/mol. The Morgan fingerprint density at radius 1 is 0.318 bits per heavy atom. The van der Waals surface area contributed by atoms with Gasteiger partial charge >= 0.3 is 5.97 Å². The van der Waals surface area contributed by atoms with E-state index in [2.05, 4.69) is 55.6 Å². The Labute approximate surface area is 550 Å². The quantitative estimate of drug-likeness (QED) is 0.0320. The maximum absolute atomic E-state index is 12.5. The monoisotopic (exact) mass is 1230 g/mol. The van der Waals surface area contributed by atoms with Crippen molar-refractivity contribution in [3.05, 3.63) is 48.6 Å². The Balaban J connectivity index is 3.39. The third-order valence-corrected chi connectivity index (χ3v) is 18.6. The van der Waals surface area contributed by atoms with Gasteiger partial charge in [-0.25, -0.2) is 0 Å². The number of hydrogen-bond acceptors (Lipinski definition) is 5. The summed E-state index contributed by atoms with van der Waals surface area (Å²) in [6, 6.07) is -0.627. The molecule has 0 aliphatic rings. The first-order chi connectivity index (χ1) is 43.5. The molecule has 0 rings (SSSR count). The molecule has 0 bridgehead atoms. The van der Waals surface area contributed by atoms with E-state index in [1.54, 1.807) is 6.08 Å². The predicted molar refractivity (Wildman–Crippen MR) is 389 cm³/mol. The lowest BCUT2D eigenvalue weighted by Gasteiger charge is -2.20. The first-order valence-corrected chi connectivity index (χ1v) is 39.9. The number of hydrogen-bond donors (Lipinski definition) is 3. The lowest BCUT2D eigenvalue weighted by molar-refractivity contribution is -0.143. The van der Waals surface area contributed by atoms with Crippen LogP contribution in [0.4, 0.5) is 0 Å². The maximum Gasteiger partial charge on any atom is 0.305 e. The Kier molecular flexibility index (Phi) is 75.4. The van der Waals surface area contributed by atoms with E-state index < -0.39 is 12.1 Å². The molecular formula is C82H155NO5. The van der Waals surface area contributed by atoms with E-state index in [4.69, 9.17) is 4.74 Å². The predicted octanol–water partition coefficient (Wildman–Crippen LogP) is 26.4. The van der Waals surface area contributed by atoms with Crippen molar-refractivity contribution >= 4 is 11.9 Å². The first-order valence-electron chi connectivity index (χ1n) is 39.9. The van der Waals surface area contributed by atoms with E-state index in [0.717, 1.165) is 51.4 Å². The molecule has 6 heteroatoms. The number of esters is 1. The van der Waals surface area contributed by atoms with Crippen molar-refractivity contribution in [3.63, 3.8) is 0 Å². The van der Waals surface area contributed by atoms with Crippen LogP contribution in [0.2, 0.25) is 0 Å². The summed E-state index contributed by atoms with van der Waals surface area (Å²) >= 11 is 0. The number of carbonyl (C=O) groups excluding carboxylic acids is 2. The van der Waals surface area contributed by atoms with E-state index in [-0.39, 0.29) is 18.5 Å². The summed E-state index contributed by atoms with van der Waals surface area (Å²) < 4.78 is 5.48. The van der Waals surface area contributed by atoms with Crippen molar-refractivity contribution in [2.75, 3.05) is 13.2 Å². The number of carbonyl (C=O) groups is 2. The molecule has 0 radical (unpaired) electrons. The molecule has 0 aromatic carbocycles. The number of rotatable bonds is 75. The minimum absolute atomic E-state index is 0.00874. The number of aliphatic hydroxyl groups is 2. The molecule has 2 unspecified atom stereocenters. The highest BCUT2D eigenvalue weighted by Gasteiger charge is 2.18. The Morgan fingerprint density at radius 3 is 0.898 bits per heavy atom. The Hall–Kier alpha value is -2.18. The standard InChI is InChI=1S/C82H155NO5/c1-3-5-7-9-11-13-15-17-18-19-20-21-39-42-45-48-51-54-58-62-66-70-74-80(85)79(78-84)83-81(86)75-71-67-63-59-55-52-49-46-43-40-37-35-33-31-29-27-25-23-22-24-26-28-30-32-34-36-38-41-44-47-50-53-57-61-65-69-73-77-88-82(87)76-72-68-64-60-56-16-14-12-10-8-6-4-2/h12,14,22,24,28,30,70,74,79-80,84-85H,3-11,13,15-21,23,25-27,29,31-69,71-73,75-78H2,1-2H3,(H,83,86)/b14-12-,24-22-,30-28-,74-70+. The molecule has 0 spiro atoms. The van der Waals surface area contributed by atoms with Crippen molar-refractivity contribution in [2.45, 2.75) is 450 Å². The second-order valence-electron chi connectivity index (χ2n) is 27.4. The summed E-state index contributed by atoms with van der Waals surface area (Å²) in [7, 11) is 0. The van der Waals surface area contributed by atoms with Gasteiger partial charge in [0.15, 0.2) is 0 Å². The third kappa shape index (κ3) is 72.9. The normalized spacial score (nSPS) is 12.7. The largest absolute Gasteiger partial charge is 0.466 e. The van der Waals surface area contributed by atoms with E-state index in [9.17, 15) is 19.8 Å². The highest BCUT2D eigenvalue weighted by molar-refractivity contribution is 5.76. The third-order valence-electron chi connectivity index (χ3n) is 18.6. The van der Waals surface area contributed by atoms with Crippen molar-refractivity contribution in [1.29, 1.82) is 0 Å². The Morgan fingerprint density at radius 2 is 0.568 bits per heavy atom. The Bertz CT molecular complexity index is 1470. The molecule has 6 nitrogen and oxygen atoms in total. The zero-order chi connectivity index (χ0) is 63.5. The van der Waals surface area contributed by atoms with Crippen molar-refractivity contribution in [1.82, 2.24) is 5.32 Å². The van der Waals surface area contributed by atoms with Crippen LogP contribution >= 0.6 is 0 Å². The van der Waals surface area contributed by atoms with Crippen LogP contribution in [-0.4, -0.2) is 47.4 Å². The van der Waals surface area contributed by atoms with Crippen LogP contribution in [0.15, 0.2) is 48.6 Å². The van der Waals surface area contributed by atoms with Crippen molar-refractivity contribution < 1.29 is 24.5 Å². The molecule has 3 N–H and O–H groups in total. The smallest absolute Gasteiger partial charge is 0.305 e. The van der Waals surface area contributed by atoms with E-state index in [1.807, 2.05) is 6.08 Å². The number of ether oxygens (including phenoxy) is 1. The molecule has 518 valence electrons. The van der Waals surface area contributed by atoms with Gasteiger partial charge in [0.05, 0.1) is 25.4 Å². The summed E-state index contributed by atoms with van der Waals surface area (Å²) in [5.74, 6) is -0.0521. The molecule has 0 aromatic heterocycles. The molecule has 2 atom stereocenters. The molecule has 0 fully saturated rings. The molecule has 0 aromatic rings. The lowest BCUT2D eigenvalue weighted by Crippen LogP contribution is -2.45. The molecule has 1 amide bonds. The highest BCUT2D eigenvalue weighted by atomic mass is 16.5. The SMILES string of the molecule is CCCCC/C=C\CCCCCCCC(=O)OCCCCCCCCCCCCCCC/C=C\C/C=C\CCCCCCCCCCCCCCCCCCCC(=O)NC(CO)C(O)/C=C/CCCCCCCCCCCCCCCCCCCCCC. The minimum Gasteiger partial charge on any atom is -0.466 e. The maximum atomic E-state index is 12.5. The van der Waals surface area contributed by atoms with Crippen LogP contribution < -0.4 is 5.32 Å². The number of nitrogens with one attached hydrogen (secondary N) is 1. The summed E-state index contributed by atoms with van der Waals surface area (Å²) in [6.07, 6.45) is 102. The first kappa shape index (κ1) is 85.8. The van der Waals surface area contributed by atoms with Gasteiger partial charge in [-0.1, -0.05) is 383 Å². The lowest BCUT2D eigenvalue weighted by atomic mass is 10.0. The summed E-state index contributed by atoms with van der Waals surface area (Å²) in [6.45, 7) is 4.92. The fraction of sp³-hybridized carbons (Fsp3) is 0.878. The van der Waals surface area contributed by atoms with Gasteiger partial charge in [-0.2, -0.15) is 0 Å². The van der Waals surface area contributed by atoms with Crippen LogP contribution in [0.5, 0.6) is 0 Å². The molecular weight excluding hydrogens is 1080 g/mol. The van der Waals surface area contributed by atoms with Gasteiger partial charge in [0.2, 0.25) is 5.91 Å². The fourth-order valence-electron chi connectivity index (χ4n) is 12.5. The molecule has 0 heterocycles. The van der Waals surface area contributed by atoms with Crippen LogP contribution in [0, 0.1) is 0 Å². The van der Waals surface area contributed by atoms with E-state index >= 15 is 0 Å². The van der Waals surface area contributed by atoms with Crippen LogP contribution in [0.25, 0.3) is 0 Å². The van der Waals surface area contributed by atoms with Gasteiger partial charge in [0.1, 0.15) is 0 Å². The van der Waals surface area contributed by atoms with Crippen LogP contribution in [-0.2, 0) is 14.3 Å². The second kappa shape index (κ2) is 77.3. The van der Waals surface area contributed by atoms with E-state index in [1.165, 1.54) is 360 Å². The van der Waals surface area contributed by atoms with Gasteiger partial charge in [-0.05, 0) is 89.9 Å². The number of allylic oxidation sites excluding steroid dienone is 7. The van der Waals surface area contributed by atoms with Crippen molar-refractivity contribution in [2.24, 2.45) is 0 Å². The molecule has 88 heavy (non-hydrogen) atoms. The zero-order valence-electron chi connectivity index (χ0n) is 59.5. The molecule has 0 aliphatic carbocycles. The van der Waals surface area contributed by atoms with Crippen LogP contribution in [0.1, 0.15) is 438 Å². The summed E-state index contributed by atoms with van der Waals surface area (Å²) in [5, 5.41) is 23.3.